The molecule has 0 N–H and O–H groups in total. The molecule has 0 amide bonds. The molecule has 0 heterocycles. The summed E-state index contributed by atoms with van der Waals surface area (Å²) in [6.45, 7) is 1.69. The van der Waals surface area contributed by atoms with Gasteiger partial charge < -0.3 is 0 Å². The fraction of sp³-hybridized carbons (Fsp3) is 0.300. The van der Waals surface area contributed by atoms with Crippen LogP contribution in [0.3, 0.4) is 0 Å². The lowest BCUT2D eigenvalue weighted by molar-refractivity contribution is 0.0994. The van der Waals surface area contributed by atoms with Crippen molar-refractivity contribution in [3.8, 4) is 0 Å². The summed E-state index contributed by atoms with van der Waals surface area (Å²) in [5, 5.41) is 0. The van der Waals surface area contributed by atoms with Gasteiger partial charge in [0.05, 0.1) is 4.83 Å². The van der Waals surface area contributed by atoms with E-state index in [0.29, 0.717) is 10.0 Å². The maximum Gasteiger partial charge on any atom is 0.263 e. The van der Waals surface area contributed by atoms with E-state index < -0.39 is 6.43 Å². The van der Waals surface area contributed by atoms with Gasteiger partial charge >= 0.3 is 0 Å². The largest absolute Gasteiger partial charge is 0.293 e. The quantitative estimate of drug-likeness (QED) is 0.590. The first-order chi connectivity index (χ1) is 6.93. The Balaban J connectivity index is 3.08. The van der Waals surface area contributed by atoms with Crippen molar-refractivity contribution in [3.05, 3.63) is 33.8 Å². The first-order valence-electron chi connectivity index (χ1n) is 4.19. The van der Waals surface area contributed by atoms with E-state index in [1.807, 2.05) is 0 Å². The fourth-order valence-electron chi connectivity index (χ4n) is 1.08. The molecule has 5 heteroatoms. The zero-order valence-corrected chi connectivity index (χ0v) is 11.0. The highest BCUT2D eigenvalue weighted by atomic mass is 79.9. The number of Topliss-reactive ketones (excluding diaryl/α,β-unsaturated/α-hetero) is 1. The smallest absolute Gasteiger partial charge is 0.263 e. The highest BCUT2D eigenvalue weighted by Crippen LogP contribution is 2.26. The normalized spacial score (nSPS) is 12.9. The van der Waals surface area contributed by atoms with E-state index >= 15 is 0 Å². The Bertz CT molecular complexity index is 378. The van der Waals surface area contributed by atoms with E-state index in [2.05, 4.69) is 31.9 Å². The van der Waals surface area contributed by atoms with Gasteiger partial charge in [0.2, 0.25) is 0 Å². The Hall–Kier alpha value is -0.290. The lowest BCUT2D eigenvalue weighted by Gasteiger charge is -2.07. The molecule has 1 aromatic carbocycles. The molecule has 15 heavy (non-hydrogen) atoms. The van der Waals surface area contributed by atoms with Crippen molar-refractivity contribution < 1.29 is 13.6 Å². The predicted molar refractivity (Wildman–Crippen MR) is 61.8 cm³/mol. The van der Waals surface area contributed by atoms with Gasteiger partial charge in [0.25, 0.3) is 6.43 Å². The Labute approximate surface area is 103 Å². The van der Waals surface area contributed by atoms with Crippen LogP contribution in [0.15, 0.2) is 22.7 Å². The molecule has 0 fully saturated rings. The molecule has 0 aliphatic carbocycles. The van der Waals surface area contributed by atoms with Crippen molar-refractivity contribution in [2.24, 2.45) is 0 Å². The Morgan fingerprint density at radius 1 is 1.40 bits per heavy atom. The van der Waals surface area contributed by atoms with Crippen LogP contribution in [0.25, 0.3) is 0 Å². The first kappa shape index (κ1) is 12.8. The molecule has 1 atom stereocenters. The van der Waals surface area contributed by atoms with Crippen LogP contribution in [0.5, 0.6) is 0 Å². The molecule has 1 aromatic rings. The van der Waals surface area contributed by atoms with E-state index in [-0.39, 0.29) is 16.2 Å². The predicted octanol–water partition coefficient (Wildman–Crippen LogP) is 4.35. The summed E-state index contributed by atoms with van der Waals surface area (Å²) in [7, 11) is 0. The summed E-state index contributed by atoms with van der Waals surface area (Å²) < 4.78 is 25.0. The van der Waals surface area contributed by atoms with Crippen LogP contribution < -0.4 is 0 Å². The number of alkyl halides is 3. The molecule has 0 radical (unpaired) electrons. The molecule has 0 spiro atoms. The molecule has 0 saturated heterocycles. The summed E-state index contributed by atoms with van der Waals surface area (Å²) in [5.41, 5.74) is 0.310. The van der Waals surface area contributed by atoms with Gasteiger partial charge in [-0.3, -0.25) is 4.79 Å². The van der Waals surface area contributed by atoms with E-state index in [1.165, 1.54) is 18.2 Å². The average Bonchev–Trinajstić information content (AvgIpc) is 2.16. The van der Waals surface area contributed by atoms with Crippen molar-refractivity contribution in [2.75, 3.05) is 0 Å². The molecule has 0 bridgehead atoms. The second-order valence-corrected chi connectivity index (χ2v) is 5.25. The van der Waals surface area contributed by atoms with Crippen LogP contribution in [0, 0.1) is 0 Å². The Morgan fingerprint density at radius 2 is 2.00 bits per heavy atom. The molecule has 1 nitrogen and oxygen atoms in total. The average molecular weight is 342 g/mol. The third-order valence-electron chi connectivity index (χ3n) is 1.87. The van der Waals surface area contributed by atoms with Crippen LogP contribution in [-0.4, -0.2) is 10.6 Å². The second-order valence-electron chi connectivity index (χ2n) is 3.02. The van der Waals surface area contributed by atoms with Crippen LogP contribution in [-0.2, 0) is 0 Å². The number of ketones is 1. The summed E-state index contributed by atoms with van der Waals surface area (Å²) >= 11 is 6.25. The third-order valence-corrected chi connectivity index (χ3v) is 2.94. The van der Waals surface area contributed by atoms with Gasteiger partial charge in [0.15, 0.2) is 5.78 Å². The maximum atomic E-state index is 12.3. The molecular formula is C10H8Br2F2O. The highest BCUT2D eigenvalue weighted by Gasteiger charge is 2.17. The molecule has 1 rings (SSSR count). The molecule has 1 unspecified atom stereocenters. The van der Waals surface area contributed by atoms with Gasteiger partial charge in [0, 0.05) is 15.6 Å². The van der Waals surface area contributed by atoms with Crippen molar-refractivity contribution in [1.82, 2.24) is 0 Å². The molecule has 0 aromatic heterocycles. The van der Waals surface area contributed by atoms with E-state index in [0.717, 1.165) is 0 Å². The van der Waals surface area contributed by atoms with Gasteiger partial charge in [-0.05, 0) is 19.1 Å². The second kappa shape index (κ2) is 5.16. The van der Waals surface area contributed by atoms with Gasteiger partial charge in [-0.25, -0.2) is 8.78 Å². The number of rotatable bonds is 3. The minimum absolute atomic E-state index is 0.0966. The van der Waals surface area contributed by atoms with Crippen molar-refractivity contribution in [1.29, 1.82) is 0 Å². The minimum atomic E-state index is -2.52. The summed E-state index contributed by atoms with van der Waals surface area (Å²) in [6, 6.07) is 3.94. The van der Waals surface area contributed by atoms with Crippen LogP contribution >= 0.6 is 31.9 Å². The zero-order valence-electron chi connectivity index (χ0n) is 7.81. The number of carbonyl (C=O) groups is 1. The third kappa shape index (κ3) is 3.08. The van der Waals surface area contributed by atoms with Crippen molar-refractivity contribution >= 4 is 37.6 Å². The van der Waals surface area contributed by atoms with E-state index in [1.54, 1.807) is 6.92 Å². The zero-order chi connectivity index (χ0) is 11.6. The number of hydrogen-bond donors (Lipinski definition) is 0. The monoisotopic (exact) mass is 340 g/mol. The van der Waals surface area contributed by atoms with Gasteiger partial charge in [-0.1, -0.05) is 37.9 Å². The highest BCUT2D eigenvalue weighted by molar-refractivity contribution is 9.10. The summed E-state index contributed by atoms with van der Waals surface area (Å²) in [4.78, 5) is 11.3. The van der Waals surface area contributed by atoms with Gasteiger partial charge in [-0.15, -0.1) is 0 Å². The first-order valence-corrected chi connectivity index (χ1v) is 5.90. The number of carbonyl (C=O) groups excluding carboxylic acids is 1. The number of halogens is 4. The van der Waals surface area contributed by atoms with Crippen LogP contribution in [0.4, 0.5) is 8.78 Å². The van der Waals surface area contributed by atoms with Crippen molar-refractivity contribution in [2.45, 2.75) is 18.2 Å². The van der Waals surface area contributed by atoms with E-state index in [4.69, 9.17) is 0 Å². The summed E-state index contributed by atoms with van der Waals surface area (Å²) in [5.74, 6) is -0.136. The Kier molecular flexibility index (Phi) is 4.40. The fourth-order valence-corrected chi connectivity index (χ4v) is 1.92. The Morgan fingerprint density at radius 3 is 2.40 bits per heavy atom. The number of hydrogen-bond acceptors (Lipinski definition) is 1. The van der Waals surface area contributed by atoms with Gasteiger partial charge in [-0.2, -0.15) is 0 Å². The maximum absolute atomic E-state index is 12.3. The van der Waals surface area contributed by atoms with Gasteiger partial charge in [0.1, 0.15) is 0 Å². The molecule has 0 aliphatic heterocycles. The van der Waals surface area contributed by atoms with E-state index in [9.17, 15) is 13.6 Å². The lowest BCUT2D eigenvalue weighted by Crippen LogP contribution is -2.10. The standard InChI is InChI=1S/C10H8Br2F2O/c1-5(11)9(15)7-3-2-6(10(13)14)4-8(7)12/h2-5,10H,1H3. The molecular weight excluding hydrogens is 334 g/mol. The summed E-state index contributed by atoms with van der Waals surface area (Å²) in [6.07, 6.45) is -2.52. The number of benzene rings is 1. The SMILES string of the molecule is CC(Br)C(=O)c1ccc(C(F)F)cc1Br. The van der Waals surface area contributed by atoms with Crippen molar-refractivity contribution in [3.63, 3.8) is 0 Å². The lowest BCUT2D eigenvalue weighted by atomic mass is 10.1. The minimum Gasteiger partial charge on any atom is -0.293 e. The van der Waals surface area contributed by atoms with Crippen LogP contribution in [0.2, 0.25) is 0 Å². The van der Waals surface area contributed by atoms with Crippen LogP contribution in [0.1, 0.15) is 29.3 Å². The molecule has 0 saturated carbocycles. The molecule has 82 valence electrons. The molecule has 0 aliphatic rings. The topological polar surface area (TPSA) is 17.1 Å².